The van der Waals surface area contributed by atoms with Crippen molar-refractivity contribution >= 4 is 208 Å². The number of rotatable bonds is 7. The Hall–Kier alpha value is -13.0. The Morgan fingerprint density at radius 2 is 0.515 bits per heavy atom. The highest BCUT2D eigenvalue weighted by Crippen LogP contribution is 2.52. The highest BCUT2D eigenvalue weighted by atomic mass is 15.2. The molecule has 456 valence electrons. The lowest BCUT2D eigenvalue weighted by Crippen LogP contribution is -2.61. The van der Waals surface area contributed by atoms with Gasteiger partial charge in [-0.3, -0.25) is 0 Å². The minimum Gasteiger partial charge on any atom is -0.311 e. The van der Waals surface area contributed by atoms with Gasteiger partial charge < -0.3 is 33.3 Å². The first-order chi connectivity index (χ1) is 49.2. The summed E-state index contributed by atoms with van der Waals surface area (Å²) in [6, 6.07) is 125. The molecule has 4 aromatic heterocycles. The number of anilines is 15. The molecule has 4 aliphatic rings. The van der Waals surface area contributed by atoms with E-state index in [9.17, 15) is 0 Å². The molecule has 0 bridgehead atoms. The number of hydrogen-bond donors (Lipinski definition) is 0. The molecule has 0 saturated carbocycles. The maximum atomic E-state index is 2.55. The summed E-state index contributed by atoms with van der Waals surface area (Å²) in [6.07, 6.45) is 0. The van der Waals surface area contributed by atoms with Crippen LogP contribution in [0, 0.1) is 0 Å². The van der Waals surface area contributed by atoms with E-state index in [1.807, 2.05) is 0 Å². The molecule has 8 heterocycles. The van der Waals surface area contributed by atoms with Crippen LogP contribution in [0.4, 0.5) is 85.3 Å². The minimum absolute atomic E-state index is 0.107. The summed E-state index contributed by atoms with van der Waals surface area (Å²) in [7, 11) is 0. The Balaban J connectivity index is 0.756. The fraction of sp³-hybridized carbons (Fsp3) is 0. The smallest absolute Gasteiger partial charge is 0.252 e. The van der Waals surface area contributed by atoms with E-state index in [1.165, 1.54) is 143 Å². The number of fused-ring (bicyclic) bond motifs is 20. The lowest BCUT2D eigenvalue weighted by atomic mass is 9.33. The largest absolute Gasteiger partial charge is 0.311 e. The van der Waals surface area contributed by atoms with Crippen LogP contribution < -0.4 is 57.3 Å². The number of nitrogens with zero attached hydrogens (tertiary/aromatic N) is 7. The van der Waals surface area contributed by atoms with Gasteiger partial charge in [-0.15, -0.1) is 0 Å². The Morgan fingerprint density at radius 3 is 0.899 bits per heavy atom. The van der Waals surface area contributed by atoms with Crippen LogP contribution in [0.5, 0.6) is 0 Å². The van der Waals surface area contributed by atoms with E-state index in [2.05, 4.69) is 367 Å². The number of hydrogen-bond acceptors (Lipinski definition) is 5. The van der Waals surface area contributed by atoms with Gasteiger partial charge in [0.05, 0.1) is 33.1 Å². The summed E-state index contributed by atoms with van der Waals surface area (Å²) in [6.45, 7) is -0.214. The first-order valence-electron chi connectivity index (χ1n) is 34.4. The van der Waals surface area contributed by atoms with Gasteiger partial charge in [0.2, 0.25) is 0 Å². The fourth-order valence-electron chi connectivity index (χ4n) is 18.4. The van der Waals surface area contributed by atoms with Gasteiger partial charge in [-0.05, 0) is 166 Å². The molecule has 0 N–H and O–H groups in total. The molecule has 4 aliphatic heterocycles. The van der Waals surface area contributed by atoms with Crippen molar-refractivity contribution in [2.45, 2.75) is 0 Å². The molecule has 0 amide bonds. The van der Waals surface area contributed by atoms with Crippen LogP contribution in [-0.2, 0) is 0 Å². The number of benzene rings is 15. The van der Waals surface area contributed by atoms with Crippen LogP contribution in [0.15, 0.2) is 334 Å². The zero-order chi connectivity index (χ0) is 64.3. The molecule has 19 aromatic rings. The van der Waals surface area contributed by atoms with Gasteiger partial charge in [0.15, 0.2) is 0 Å². The lowest BCUT2D eigenvalue weighted by Gasteiger charge is -2.45. The van der Waals surface area contributed by atoms with Gasteiger partial charge in [-0.1, -0.05) is 200 Å². The molecule has 0 fully saturated rings. The fourth-order valence-corrected chi connectivity index (χ4v) is 18.4. The summed E-state index contributed by atoms with van der Waals surface area (Å²) in [4.78, 5) is 12.6. The van der Waals surface area contributed by atoms with Gasteiger partial charge in [0.1, 0.15) is 0 Å². The van der Waals surface area contributed by atoms with Crippen LogP contribution in [-0.4, -0.2) is 22.2 Å². The van der Waals surface area contributed by atoms with E-state index in [0.717, 1.165) is 51.2 Å². The van der Waals surface area contributed by atoms with Crippen LogP contribution in [0.3, 0.4) is 0 Å². The van der Waals surface area contributed by atoms with E-state index >= 15 is 0 Å². The number of aromatic nitrogens is 2. The maximum absolute atomic E-state index is 2.55. The van der Waals surface area contributed by atoms with Crippen LogP contribution in [0.2, 0.25) is 0 Å². The Kier molecular flexibility index (Phi) is 10.7. The third-order valence-electron chi connectivity index (χ3n) is 22.2. The molecule has 99 heavy (non-hydrogen) atoms. The molecular formula is C90H55B2N7. The van der Waals surface area contributed by atoms with Crippen molar-refractivity contribution in [2.75, 3.05) is 24.5 Å². The van der Waals surface area contributed by atoms with Gasteiger partial charge in [-0.25, -0.2) is 0 Å². The van der Waals surface area contributed by atoms with Crippen LogP contribution in [0.25, 0.3) is 76.2 Å². The van der Waals surface area contributed by atoms with E-state index < -0.39 is 0 Å². The van der Waals surface area contributed by atoms with Crippen molar-refractivity contribution in [3.05, 3.63) is 334 Å². The molecule has 0 unspecified atom stereocenters. The summed E-state index contributed by atoms with van der Waals surface area (Å²) >= 11 is 0. The average molecular weight is 1260 g/mol. The van der Waals surface area contributed by atoms with Gasteiger partial charge >= 0.3 is 0 Å². The highest BCUT2D eigenvalue weighted by molar-refractivity contribution is 7.01. The topological polar surface area (TPSA) is 25.0 Å². The molecule has 15 aromatic carbocycles. The monoisotopic (exact) mass is 1260 g/mol. The molecule has 23 rings (SSSR count). The Morgan fingerprint density at radius 1 is 0.202 bits per heavy atom. The van der Waals surface area contributed by atoms with Crippen molar-refractivity contribution in [2.24, 2.45) is 0 Å². The normalized spacial score (nSPS) is 13.5. The highest BCUT2D eigenvalue weighted by Gasteiger charge is 2.46. The van der Waals surface area contributed by atoms with Crippen molar-refractivity contribution in [1.29, 1.82) is 0 Å². The van der Waals surface area contributed by atoms with Crippen LogP contribution >= 0.6 is 0 Å². The maximum Gasteiger partial charge on any atom is 0.252 e. The van der Waals surface area contributed by atoms with Crippen molar-refractivity contribution < 1.29 is 0 Å². The Labute approximate surface area is 571 Å². The lowest BCUT2D eigenvalue weighted by molar-refractivity contribution is 1.23. The molecular weight excluding hydrogens is 1200 g/mol. The number of para-hydroxylation sites is 9. The minimum atomic E-state index is -0.107. The van der Waals surface area contributed by atoms with E-state index in [-0.39, 0.29) is 13.4 Å². The Bertz CT molecular complexity index is 6210. The van der Waals surface area contributed by atoms with E-state index in [1.54, 1.807) is 0 Å². The van der Waals surface area contributed by atoms with Crippen molar-refractivity contribution in [3.8, 4) is 0 Å². The third kappa shape index (κ3) is 7.12. The molecule has 7 nitrogen and oxygen atoms in total. The summed E-state index contributed by atoms with van der Waals surface area (Å²) < 4.78 is 5.05. The molecule has 0 aliphatic carbocycles. The van der Waals surface area contributed by atoms with E-state index in [0.29, 0.717) is 0 Å². The second-order valence-corrected chi connectivity index (χ2v) is 27.1. The van der Waals surface area contributed by atoms with Gasteiger partial charge in [-0.2, -0.15) is 0 Å². The zero-order valence-electron chi connectivity index (χ0n) is 53.5. The van der Waals surface area contributed by atoms with Crippen LogP contribution in [0.1, 0.15) is 0 Å². The third-order valence-corrected chi connectivity index (χ3v) is 22.2. The first kappa shape index (κ1) is 53.3. The predicted molar refractivity (Wildman–Crippen MR) is 418 cm³/mol. The summed E-state index contributed by atoms with van der Waals surface area (Å²) in [5.41, 5.74) is 32.1. The second-order valence-electron chi connectivity index (χ2n) is 27.1. The summed E-state index contributed by atoms with van der Waals surface area (Å²) in [5.74, 6) is 0. The molecule has 0 saturated heterocycles. The molecule has 0 spiro atoms. The van der Waals surface area contributed by atoms with Crippen molar-refractivity contribution in [3.63, 3.8) is 0 Å². The first-order valence-corrected chi connectivity index (χ1v) is 34.4. The van der Waals surface area contributed by atoms with Gasteiger partial charge in [0, 0.05) is 128 Å². The molecule has 9 heteroatoms. The van der Waals surface area contributed by atoms with Gasteiger partial charge in [0.25, 0.3) is 13.4 Å². The van der Waals surface area contributed by atoms with Crippen molar-refractivity contribution in [1.82, 2.24) is 8.80 Å². The average Bonchev–Trinajstić information content (AvgIpc) is 1.68. The second kappa shape index (κ2) is 19.8. The standard InChI is InChI=1S/C90H55B2N7/c1-6-24-56(25-7-1)93(61-46-48-71-83(50-61)94(57-26-8-2-9-27-57)77-42-22-44-79-87(77)91(71)73-52-69-67-38-20-36-65-63-34-16-18-40-75(63)98(89(65)67)81(69)54-85(73)96(79)59-30-12-4-13-31-59)62-47-49-72-84(51-62)95(58-28-10-3-11-29-58)78-43-23-45-80-88(78)92(72)74-53-70-68-39-21-37-66-64-35-17-19-41-76(64)99(90(66)68)82(70)55-86(74)97(80)60-32-14-5-15-33-60/h1-55H. The summed E-state index contributed by atoms with van der Waals surface area (Å²) in [5, 5.41) is 10.2. The SMILES string of the molecule is c1ccc(N(c2ccc3c(c2)N(c2ccccc2)c2cccc4c2B3c2cc3c5cccc6c7ccccc7n(c3cc2N4c2ccccc2)c65)c2ccc3c(c2)N(c2ccccc2)c2cccc4c2B3c2cc3c5cccc6c7ccccc7n(c3cc2N4c2ccccc2)c65)cc1. The van der Waals surface area contributed by atoms with E-state index in [4.69, 9.17) is 0 Å². The molecule has 0 radical (unpaired) electrons. The zero-order valence-corrected chi connectivity index (χ0v) is 53.5. The quantitative estimate of drug-likeness (QED) is 0.148. The predicted octanol–water partition coefficient (Wildman–Crippen LogP) is 19.6. The molecule has 0 atom stereocenters.